The van der Waals surface area contributed by atoms with E-state index in [4.69, 9.17) is 4.74 Å². The first-order valence-electron chi connectivity index (χ1n) is 9.12. The molecular weight excluding hydrogens is 467 g/mol. The molecule has 0 fully saturated rings. The number of hydrogen-bond donors (Lipinski definition) is 3. The molecule has 3 N–H and O–H groups in total. The topological polar surface area (TPSA) is 74.8 Å². The third-order valence-electron chi connectivity index (χ3n) is 3.88. The molecule has 0 aromatic heterocycles. The van der Waals surface area contributed by atoms with Crippen LogP contribution in [-0.4, -0.2) is 32.1 Å². The molecule has 0 saturated carbocycles. The Kier molecular flexibility index (Phi) is 11.0. The molecule has 1 amide bonds. The maximum Gasteiger partial charge on any atom is 0.221 e. The number of amides is 1. The Balaban J connectivity index is 0.00000392. The van der Waals surface area contributed by atoms with E-state index in [1.807, 2.05) is 43.3 Å². The van der Waals surface area contributed by atoms with Gasteiger partial charge in [0.2, 0.25) is 5.91 Å². The van der Waals surface area contributed by atoms with Crippen molar-refractivity contribution in [3.8, 4) is 5.75 Å². The van der Waals surface area contributed by atoms with Crippen LogP contribution in [0.3, 0.4) is 0 Å². The highest BCUT2D eigenvalue weighted by Gasteiger charge is 2.01. The summed E-state index contributed by atoms with van der Waals surface area (Å²) in [4.78, 5) is 15.8. The molecule has 0 atom stereocenters. The number of anilines is 1. The Morgan fingerprint density at radius 2 is 1.82 bits per heavy atom. The number of methoxy groups -OCH3 is 1. The highest BCUT2D eigenvalue weighted by molar-refractivity contribution is 14.0. The van der Waals surface area contributed by atoms with Gasteiger partial charge in [0.15, 0.2) is 5.96 Å². The molecule has 0 aliphatic heterocycles. The first-order chi connectivity index (χ1) is 13.1. The summed E-state index contributed by atoms with van der Waals surface area (Å²) < 4.78 is 5.18. The number of carbonyl (C=O) groups excluding carboxylic acids is 1. The molecule has 6 nitrogen and oxygen atoms in total. The molecule has 0 heterocycles. The molecule has 0 aliphatic rings. The molecule has 2 rings (SSSR count). The summed E-state index contributed by atoms with van der Waals surface area (Å²) >= 11 is 0. The molecule has 0 saturated heterocycles. The van der Waals surface area contributed by atoms with E-state index >= 15 is 0 Å². The average molecular weight is 496 g/mol. The summed E-state index contributed by atoms with van der Waals surface area (Å²) in [5, 5.41) is 9.40. The van der Waals surface area contributed by atoms with Gasteiger partial charge in [-0.05, 0) is 48.7 Å². The van der Waals surface area contributed by atoms with E-state index in [0.29, 0.717) is 6.54 Å². The normalized spacial score (nSPS) is 10.6. The number of nitrogens with zero attached hydrogens (tertiary/aromatic N) is 1. The molecule has 152 valence electrons. The molecule has 7 heteroatoms. The molecule has 0 aliphatic carbocycles. The van der Waals surface area contributed by atoms with Crippen molar-refractivity contribution >= 4 is 41.5 Å². The lowest BCUT2D eigenvalue weighted by Crippen LogP contribution is -2.38. The van der Waals surface area contributed by atoms with Crippen LogP contribution in [0.15, 0.2) is 53.5 Å². The zero-order chi connectivity index (χ0) is 19.5. The predicted octanol–water partition coefficient (Wildman–Crippen LogP) is 3.57. The van der Waals surface area contributed by atoms with Crippen LogP contribution in [0.2, 0.25) is 0 Å². The fraction of sp³-hybridized carbons (Fsp3) is 0.333. The number of benzene rings is 2. The van der Waals surface area contributed by atoms with Gasteiger partial charge in [-0.1, -0.05) is 24.3 Å². The predicted molar refractivity (Wildman–Crippen MR) is 126 cm³/mol. The monoisotopic (exact) mass is 496 g/mol. The fourth-order valence-electron chi connectivity index (χ4n) is 2.58. The maximum atomic E-state index is 11.2. The average Bonchev–Trinajstić information content (AvgIpc) is 2.66. The number of ether oxygens (including phenoxy) is 1. The lowest BCUT2D eigenvalue weighted by atomic mass is 10.1. The number of aliphatic imine (C=N–C) groups is 1. The SMILES string of the molecule is CCNC(=NCc1cccc(NC(C)=O)c1)NCCc1ccc(OC)cc1.I. The second-order valence-corrected chi connectivity index (χ2v) is 6.10. The summed E-state index contributed by atoms with van der Waals surface area (Å²) in [6.07, 6.45) is 0.895. The van der Waals surface area contributed by atoms with Gasteiger partial charge in [-0.2, -0.15) is 0 Å². The Bertz CT molecular complexity index is 763. The number of hydrogen-bond acceptors (Lipinski definition) is 3. The Morgan fingerprint density at radius 1 is 1.07 bits per heavy atom. The van der Waals surface area contributed by atoms with Crippen molar-refractivity contribution in [1.82, 2.24) is 10.6 Å². The van der Waals surface area contributed by atoms with Crippen molar-refractivity contribution in [2.24, 2.45) is 4.99 Å². The summed E-state index contributed by atoms with van der Waals surface area (Å²) in [5.41, 5.74) is 3.06. The number of rotatable bonds is 8. The molecule has 0 unspecified atom stereocenters. The van der Waals surface area contributed by atoms with Gasteiger partial charge < -0.3 is 20.7 Å². The second-order valence-electron chi connectivity index (χ2n) is 6.10. The van der Waals surface area contributed by atoms with E-state index in [-0.39, 0.29) is 29.9 Å². The third-order valence-corrected chi connectivity index (χ3v) is 3.88. The van der Waals surface area contributed by atoms with E-state index < -0.39 is 0 Å². The highest BCUT2D eigenvalue weighted by Crippen LogP contribution is 2.12. The van der Waals surface area contributed by atoms with Crippen LogP contribution >= 0.6 is 24.0 Å². The van der Waals surface area contributed by atoms with Crippen LogP contribution in [0.4, 0.5) is 5.69 Å². The number of halogens is 1. The Labute approximate surface area is 184 Å². The van der Waals surface area contributed by atoms with Crippen LogP contribution < -0.4 is 20.7 Å². The van der Waals surface area contributed by atoms with E-state index in [0.717, 1.165) is 42.5 Å². The van der Waals surface area contributed by atoms with Gasteiger partial charge in [0.1, 0.15) is 5.75 Å². The van der Waals surface area contributed by atoms with Crippen LogP contribution in [0.25, 0.3) is 0 Å². The van der Waals surface area contributed by atoms with Crippen molar-refractivity contribution in [3.05, 3.63) is 59.7 Å². The molecule has 2 aromatic rings. The van der Waals surface area contributed by atoms with E-state index in [1.165, 1.54) is 12.5 Å². The van der Waals surface area contributed by atoms with Crippen molar-refractivity contribution in [2.45, 2.75) is 26.8 Å². The quantitative estimate of drug-likeness (QED) is 0.297. The second kappa shape index (κ2) is 13.0. The molecule has 0 spiro atoms. The van der Waals surface area contributed by atoms with Crippen LogP contribution in [0, 0.1) is 0 Å². The summed E-state index contributed by atoms with van der Waals surface area (Å²) in [5.74, 6) is 1.56. The minimum Gasteiger partial charge on any atom is -0.497 e. The van der Waals surface area contributed by atoms with Gasteiger partial charge in [-0.3, -0.25) is 4.79 Å². The number of guanidine groups is 1. The van der Waals surface area contributed by atoms with Crippen molar-refractivity contribution in [3.63, 3.8) is 0 Å². The maximum absolute atomic E-state index is 11.2. The molecule has 0 radical (unpaired) electrons. The van der Waals surface area contributed by atoms with E-state index in [2.05, 4.69) is 33.1 Å². The van der Waals surface area contributed by atoms with Crippen molar-refractivity contribution in [2.75, 3.05) is 25.5 Å². The van der Waals surface area contributed by atoms with Gasteiger partial charge in [0, 0.05) is 25.7 Å². The first kappa shape index (κ1) is 23.7. The standard InChI is InChI=1S/C21H28N4O2.HI/c1-4-22-21(23-13-12-17-8-10-20(27-3)11-9-17)24-15-18-6-5-7-19(14-18)25-16(2)26;/h5-11,14H,4,12-13,15H2,1-3H3,(H,25,26)(H2,22,23,24);1H. The fourth-order valence-corrected chi connectivity index (χ4v) is 2.58. The first-order valence-corrected chi connectivity index (χ1v) is 9.12. The summed E-state index contributed by atoms with van der Waals surface area (Å²) in [6, 6.07) is 15.8. The van der Waals surface area contributed by atoms with Gasteiger partial charge in [-0.15, -0.1) is 24.0 Å². The molecule has 0 bridgehead atoms. The number of carbonyl (C=O) groups is 1. The number of nitrogens with one attached hydrogen (secondary N) is 3. The minimum absolute atomic E-state index is 0. The third kappa shape index (κ3) is 8.60. The lowest BCUT2D eigenvalue weighted by molar-refractivity contribution is -0.114. The highest BCUT2D eigenvalue weighted by atomic mass is 127. The summed E-state index contributed by atoms with van der Waals surface area (Å²) in [6.45, 7) is 5.65. The molecule has 28 heavy (non-hydrogen) atoms. The minimum atomic E-state index is -0.0795. The van der Waals surface area contributed by atoms with Crippen molar-refractivity contribution < 1.29 is 9.53 Å². The van der Waals surface area contributed by atoms with Crippen molar-refractivity contribution in [1.29, 1.82) is 0 Å². The molecule has 2 aromatic carbocycles. The van der Waals surface area contributed by atoms with Gasteiger partial charge in [-0.25, -0.2) is 4.99 Å². The van der Waals surface area contributed by atoms with Crippen LogP contribution in [0.1, 0.15) is 25.0 Å². The van der Waals surface area contributed by atoms with E-state index in [9.17, 15) is 4.79 Å². The largest absolute Gasteiger partial charge is 0.497 e. The Morgan fingerprint density at radius 3 is 2.46 bits per heavy atom. The summed E-state index contributed by atoms with van der Waals surface area (Å²) in [7, 11) is 1.67. The van der Waals surface area contributed by atoms with Crippen LogP contribution in [-0.2, 0) is 17.8 Å². The zero-order valence-corrected chi connectivity index (χ0v) is 18.9. The smallest absolute Gasteiger partial charge is 0.221 e. The van der Waals surface area contributed by atoms with Gasteiger partial charge >= 0.3 is 0 Å². The molecular formula is C21H29IN4O2. The van der Waals surface area contributed by atoms with Gasteiger partial charge in [0.25, 0.3) is 0 Å². The van der Waals surface area contributed by atoms with Crippen LogP contribution in [0.5, 0.6) is 5.75 Å². The zero-order valence-electron chi connectivity index (χ0n) is 16.6. The Hall–Kier alpha value is -2.29. The van der Waals surface area contributed by atoms with E-state index in [1.54, 1.807) is 7.11 Å². The van der Waals surface area contributed by atoms with Gasteiger partial charge in [0.05, 0.1) is 13.7 Å². The lowest BCUT2D eigenvalue weighted by Gasteiger charge is -2.12.